The fourth-order valence-corrected chi connectivity index (χ4v) is 5.16. The fourth-order valence-electron chi connectivity index (χ4n) is 4.03. The van der Waals surface area contributed by atoms with E-state index in [1.807, 2.05) is 17.0 Å². The van der Waals surface area contributed by atoms with Crippen molar-refractivity contribution in [2.45, 2.75) is 6.61 Å². The third-order valence-electron chi connectivity index (χ3n) is 6.66. The Morgan fingerprint density at radius 1 is 1.00 bits per heavy atom. The summed E-state index contributed by atoms with van der Waals surface area (Å²) in [6.45, 7) is 6.90. The molecule has 0 unspecified atom stereocenters. The molecule has 2 aromatic heterocycles. The molecule has 4 heterocycles. The first-order valence-electron chi connectivity index (χ1n) is 12.8. The lowest BCUT2D eigenvalue weighted by molar-refractivity contribution is 0.0669. The van der Waals surface area contributed by atoms with Crippen molar-refractivity contribution in [3.63, 3.8) is 0 Å². The summed E-state index contributed by atoms with van der Waals surface area (Å²) in [5.41, 5.74) is 6.14. The molecule has 0 atom stereocenters. The van der Waals surface area contributed by atoms with E-state index in [1.54, 1.807) is 12.1 Å². The average Bonchev–Trinajstić information content (AvgIpc) is 3.44. The number of piperazine rings is 2. The van der Waals surface area contributed by atoms with Gasteiger partial charge in [-0.15, -0.1) is 11.3 Å². The Kier molecular flexibility index (Phi) is 10.2. The molecule has 0 radical (unpaired) electrons. The number of nitrogens with zero attached hydrogens (tertiary/aromatic N) is 6. The third-order valence-corrected chi connectivity index (χ3v) is 8.16. The summed E-state index contributed by atoms with van der Waals surface area (Å²) in [5, 5.41) is 1.50. The highest BCUT2D eigenvalue weighted by molar-refractivity contribution is 7.17. The van der Waals surface area contributed by atoms with Crippen molar-refractivity contribution in [2.75, 3.05) is 72.2 Å². The minimum atomic E-state index is -0.754. The summed E-state index contributed by atoms with van der Waals surface area (Å²) < 4.78 is 33.1. The van der Waals surface area contributed by atoms with Gasteiger partial charge in [-0.2, -0.15) is 0 Å². The number of hydrazine groups is 1. The molecule has 1 aromatic carbocycles. The molecule has 0 saturated carbocycles. The van der Waals surface area contributed by atoms with Gasteiger partial charge in [0, 0.05) is 57.9 Å². The van der Waals surface area contributed by atoms with E-state index >= 15 is 0 Å². The molecule has 4 N–H and O–H groups in total. The standard InChI is InChI=1S/C21H20ClF2N5O2S.C5H13N3/c1-28-6-8-29(9-7-28)21(30)17-5-4-16(32-17)15-10-26-19(25)20(27-15)31-11-12-13(23)2-3-14(24)18(12)22;1-7-2-4-8(6)5-3-7/h2-5,10H,6-9,11H2,1H3,(H2,25,26);2-6H2,1H3. The number of hydrogen-bond donors (Lipinski definition) is 2. The molecule has 1 amide bonds. The molecule has 10 nitrogen and oxygen atoms in total. The zero-order valence-corrected chi connectivity index (χ0v) is 24.0. The highest BCUT2D eigenvalue weighted by atomic mass is 35.5. The van der Waals surface area contributed by atoms with E-state index in [1.165, 1.54) is 17.5 Å². The number of carbonyl (C=O) groups excluding carboxylic acids is 1. The molecule has 5 rings (SSSR count). The quantitative estimate of drug-likeness (QED) is 0.340. The van der Waals surface area contributed by atoms with Crippen LogP contribution >= 0.6 is 22.9 Å². The SMILES string of the molecule is CN1CCN(C(=O)c2ccc(-c3cnc(N)c(OCc4c(F)ccc(F)c4Cl)n3)s2)CC1.CN1CCN(N)CC1. The van der Waals surface area contributed by atoms with Gasteiger partial charge in [0.15, 0.2) is 5.82 Å². The Hall–Kier alpha value is -2.94. The highest BCUT2D eigenvalue weighted by Gasteiger charge is 2.22. The number of benzene rings is 1. The number of aromatic nitrogens is 2. The lowest BCUT2D eigenvalue weighted by atomic mass is 10.2. The van der Waals surface area contributed by atoms with Crippen LogP contribution in [0, 0.1) is 11.6 Å². The van der Waals surface area contributed by atoms with E-state index in [0.29, 0.717) is 28.5 Å². The Morgan fingerprint density at radius 2 is 1.62 bits per heavy atom. The summed E-state index contributed by atoms with van der Waals surface area (Å²) in [6.07, 6.45) is 1.47. The Morgan fingerprint density at radius 3 is 2.27 bits per heavy atom. The third kappa shape index (κ3) is 7.62. The first kappa shape index (κ1) is 30.0. The predicted molar refractivity (Wildman–Crippen MR) is 152 cm³/mol. The van der Waals surface area contributed by atoms with E-state index in [9.17, 15) is 13.6 Å². The summed E-state index contributed by atoms with van der Waals surface area (Å²) in [7, 11) is 4.15. The van der Waals surface area contributed by atoms with Gasteiger partial charge in [-0.25, -0.2) is 23.8 Å². The van der Waals surface area contributed by atoms with E-state index in [4.69, 9.17) is 27.9 Å². The summed E-state index contributed by atoms with van der Waals surface area (Å²) in [6, 6.07) is 5.44. The van der Waals surface area contributed by atoms with Crippen LogP contribution in [0.5, 0.6) is 5.88 Å². The van der Waals surface area contributed by atoms with Gasteiger partial charge in [0.2, 0.25) is 0 Å². The molecule has 0 spiro atoms. The number of amides is 1. The summed E-state index contributed by atoms with van der Waals surface area (Å²) >= 11 is 7.13. The van der Waals surface area contributed by atoms with Crippen molar-refractivity contribution >= 4 is 34.7 Å². The number of halogens is 3. The first-order valence-corrected chi connectivity index (χ1v) is 14.0. The zero-order valence-electron chi connectivity index (χ0n) is 22.4. The van der Waals surface area contributed by atoms with Gasteiger partial charge in [0.05, 0.1) is 21.0 Å². The van der Waals surface area contributed by atoms with Gasteiger partial charge in [-0.3, -0.25) is 10.6 Å². The van der Waals surface area contributed by atoms with Crippen molar-refractivity contribution in [1.29, 1.82) is 0 Å². The maximum Gasteiger partial charge on any atom is 0.264 e. The van der Waals surface area contributed by atoms with E-state index < -0.39 is 11.6 Å². The number of rotatable bonds is 5. The molecule has 0 bridgehead atoms. The van der Waals surface area contributed by atoms with Gasteiger partial charge in [-0.1, -0.05) is 11.6 Å². The topological polar surface area (TPSA) is 117 Å². The molecular formula is C26H33ClF2N8O2S. The van der Waals surface area contributed by atoms with Gasteiger partial charge in [0.25, 0.3) is 11.8 Å². The van der Waals surface area contributed by atoms with Crippen molar-refractivity contribution in [3.05, 3.63) is 57.6 Å². The molecule has 0 aliphatic carbocycles. The van der Waals surface area contributed by atoms with Crippen molar-refractivity contribution < 1.29 is 18.3 Å². The number of ether oxygens (including phenoxy) is 1. The number of nitrogens with two attached hydrogens (primary N) is 2. The molecule has 2 fully saturated rings. The molecule has 14 heteroatoms. The molecule has 2 aliphatic rings. The Bertz CT molecular complexity index is 1300. The number of thiophene rings is 1. The van der Waals surface area contributed by atoms with Crippen LogP contribution in [0.2, 0.25) is 5.02 Å². The van der Waals surface area contributed by atoms with E-state index in [0.717, 1.165) is 51.4 Å². The predicted octanol–water partition coefficient (Wildman–Crippen LogP) is 2.79. The van der Waals surface area contributed by atoms with Crippen molar-refractivity contribution in [3.8, 4) is 16.5 Å². The van der Waals surface area contributed by atoms with E-state index in [-0.39, 0.29) is 34.8 Å². The van der Waals surface area contributed by atoms with Gasteiger partial charge < -0.3 is 25.2 Å². The van der Waals surface area contributed by atoms with E-state index in [2.05, 4.69) is 26.8 Å². The monoisotopic (exact) mass is 594 g/mol. The largest absolute Gasteiger partial charge is 0.470 e. The second-order valence-corrected chi connectivity index (χ2v) is 11.1. The number of nitrogen functional groups attached to an aromatic ring is 1. The fraction of sp³-hybridized carbons (Fsp3) is 0.423. The number of carbonyl (C=O) groups is 1. The number of likely N-dealkylation sites (N-methyl/N-ethyl adjacent to an activating group) is 2. The van der Waals surface area contributed by atoms with Crippen LogP contribution in [0.15, 0.2) is 30.5 Å². The summed E-state index contributed by atoms with van der Waals surface area (Å²) in [5.74, 6) is 3.98. The normalized spacial score (nSPS) is 16.9. The zero-order chi connectivity index (χ0) is 28.8. The Labute approximate surface area is 241 Å². The molecule has 2 aliphatic heterocycles. The van der Waals surface area contributed by atoms with Crippen LogP contribution < -0.4 is 16.3 Å². The number of hydrogen-bond acceptors (Lipinski definition) is 10. The second kappa shape index (κ2) is 13.6. The molecule has 40 heavy (non-hydrogen) atoms. The van der Waals surface area contributed by atoms with Crippen molar-refractivity contribution in [1.82, 2.24) is 29.7 Å². The van der Waals surface area contributed by atoms with Gasteiger partial charge in [0.1, 0.15) is 23.9 Å². The van der Waals surface area contributed by atoms with Gasteiger partial charge >= 0.3 is 0 Å². The molecule has 216 valence electrons. The average molecular weight is 595 g/mol. The van der Waals surface area contributed by atoms with Crippen LogP contribution in [0.25, 0.3) is 10.6 Å². The second-order valence-electron chi connectivity index (χ2n) is 9.65. The maximum atomic E-state index is 14.0. The van der Waals surface area contributed by atoms with Gasteiger partial charge in [-0.05, 0) is 38.4 Å². The number of anilines is 1. The van der Waals surface area contributed by atoms with Crippen LogP contribution in [-0.4, -0.2) is 102 Å². The maximum absolute atomic E-state index is 14.0. The smallest absolute Gasteiger partial charge is 0.264 e. The van der Waals surface area contributed by atoms with Crippen LogP contribution in [-0.2, 0) is 6.61 Å². The minimum Gasteiger partial charge on any atom is -0.470 e. The first-order chi connectivity index (χ1) is 19.1. The van der Waals surface area contributed by atoms with Crippen LogP contribution in [0.1, 0.15) is 15.2 Å². The summed E-state index contributed by atoms with van der Waals surface area (Å²) in [4.78, 5) is 28.8. The lowest BCUT2D eigenvalue weighted by Crippen LogP contribution is -2.47. The minimum absolute atomic E-state index is 0.00743. The lowest BCUT2D eigenvalue weighted by Gasteiger charge is -2.32. The molecule has 3 aromatic rings. The van der Waals surface area contributed by atoms with Crippen LogP contribution in [0.3, 0.4) is 0 Å². The highest BCUT2D eigenvalue weighted by Crippen LogP contribution is 2.31. The Balaban J connectivity index is 0.000000398. The van der Waals surface area contributed by atoms with Crippen molar-refractivity contribution in [2.24, 2.45) is 5.84 Å². The molecule has 2 saturated heterocycles. The molecular weight excluding hydrogens is 562 g/mol. The van der Waals surface area contributed by atoms with Crippen LogP contribution in [0.4, 0.5) is 14.6 Å².